The molecule has 0 aliphatic carbocycles. The number of nitrogens with one attached hydrogen (secondary N) is 1. The average Bonchev–Trinajstić information content (AvgIpc) is 2.78. The maximum absolute atomic E-state index is 13.5. The van der Waals surface area contributed by atoms with Crippen LogP contribution in [-0.4, -0.2) is 50.5 Å². The molecule has 0 aliphatic heterocycles. The zero-order valence-electron chi connectivity index (χ0n) is 20.1. The lowest BCUT2D eigenvalue weighted by Gasteiger charge is -2.31. The van der Waals surface area contributed by atoms with E-state index < -0.39 is 28.5 Å². The van der Waals surface area contributed by atoms with Crippen molar-refractivity contribution in [3.8, 4) is 0 Å². The molecule has 35 heavy (non-hydrogen) atoms. The minimum absolute atomic E-state index is 0.0321. The number of halogens is 3. The van der Waals surface area contributed by atoms with Crippen LogP contribution >= 0.6 is 34.8 Å². The molecule has 0 aromatic heterocycles. The highest BCUT2D eigenvalue weighted by Crippen LogP contribution is 2.26. The molecule has 2 rings (SSSR count). The predicted molar refractivity (Wildman–Crippen MR) is 143 cm³/mol. The van der Waals surface area contributed by atoms with Crippen LogP contribution in [-0.2, 0) is 26.2 Å². The molecule has 1 atom stereocenters. The number of amides is 2. The van der Waals surface area contributed by atoms with Gasteiger partial charge in [0.15, 0.2) is 0 Å². The summed E-state index contributed by atoms with van der Waals surface area (Å²) in [7, 11) is -3.84. The maximum Gasteiger partial charge on any atom is 0.244 e. The molecule has 0 aliphatic rings. The highest BCUT2D eigenvalue weighted by Gasteiger charge is 2.30. The predicted octanol–water partition coefficient (Wildman–Crippen LogP) is 5.05. The molecule has 0 saturated carbocycles. The van der Waals surface area contributed by atoms with E-state index in [1.807, 2.05) is 6.92 Å². The number of benzene rings is 2. The molecule has 0 radical (unpaired) electrons. The molecular weight excluding hydrogens is 533 g/mol. The lowest BCUT2D eigenvalue weighted by atomic mass is 10.1. The Morgan fingerprint density at radius 1 is 1.03 bits per heavy atom. The number of unbranched alkanes of at least 4 members (excludes halogenated alkanes) is 1. The van der Waals surface area contributed by atoms with Crippen molar-refractivity contribution in [3.63, 3.8) is 0 Å². The van der Waals surface area contributed by atoms with Gasteiger partial charge in [0.1, 0.15) is 12.6 Å². The first kappa shape index (κ1) is 29.2. The number of hydrogen-bond donors (Lipinski definition) is 1. The van der Waals surface area contributed by atoms with Crippen LogP contribution in [0.3, 0.4) is 0 Å². The van der Waals surface area contributed by atoms with Crippen molar-refractivity contribution in [1.82, 2.24) is 10.2 Å². The van der Waals surface area contributed by atoms with Crippen molar-refractivity contribution in [1.29, 1.82) is 0 Å². The van der Waals surface area contributed by atoms with Crippen LogP contribution in [0.1, 0.15) is 37.8 Å². The van der Waals surface area contributed by atoms with Gasteiger partial charge in [-0.3, -0.25) is 13.9 Å². The maximum atomic E-state index is 13.5. The second kappa shape index (κ2) is 12.8. The number of nitrogens with zero attached hydrogens (tertiary/aromatic N) is 2. The Bertz CT molecular complexity index is 1170. The average molecular weight is 563 g/mol. The second-order valence-corrected chi connectivity index (χ2v) is 11.4. The number of carbonyl (C=O) groups is 2. The van der Waals surface area contributed by atoms with Crippen LogP contribution < -0.4 is 9.62 Å². The van der Waals surface area contributed by atoms with Crippen LogP contribution in [0.4, 0.5) is 5.69 Å². The lowest BCUT2D eigenvalue weighted by Crippen LogP contribution is -2.51. The third kappa shape index (κ3) is 8.27. The molecule has 7 nitrogen and oxygen atoms in total. The van der Waals surface area contributed by atoms with E-state index in [1.165, 1.54) is 11.0 Å². The van der Waals surface area contributed by atoms with E-state index in [9.17, 15) is 18.0 Å². The summed E-state index contributed by atoms with van der Waals surface area (Å²) in [5.41, 5.74) is 1.67. The van der Waals surface area contributed by atoms with Crippen molar-refractivity contribution in [2.24, 2.45) is 0 Å². The highest BCUT2D eigenvalue weighted by molar-refractivity contribution is 7.92. The second-order valence-electron chi connectivity index (χ2n) is 8.29. The Hall–Kier alpha value is -2.00. The molecule has 2 amide bonds. The van der Waals surface area contributed by atoms with E-state index in [1.54, 1.807) is 44.2 Å². The zero-order chi connectivity index (χ0) is 26.3. The molecule has 0 heterocycles. The Kier molecular flexibility index (Phi) is 10.7. The number of anilines is 1. The van der Waals surface area contributed by atoms with Crippen molar-refractivity contribution in [3.05, 3.63) is 62.6 Å². The Balaban J connectivity index is 2.39. The van der Waals surface area contributed by atoms with E-state index in [0.717, 1.165) is 29.0 Å². The Morgan fingerprint density at radius 2 is 1.71 bits per heavy atom. The van der Waals surface area contributed by atoms with E-state index in [-0.39, 0.29) is 18.1 Å². The number of hydrogen-bond acceptors (Lipinski definition) is 4. The van der Waals surface area contributed by atoms with Crippen molar-refractivity contribution in [2.45, 2.75) is 46.2 Å². The van der Waals surface area contributed by atoms with Gasteiger partial charge in [-0.2, -0.15) is 0 Å². The summed E-state index contributed by atoms with van der Waals surface area (Å²) in [4.78, 5) is 27.6. The summed E-state index contributed by atoms with van der Waals surface area (Å²) in [5.74, 6) is -0.896. The Labute approximate surface area is 222 Å². The fraction of sp³-hybridized carbons (Fsp3) is 0.417. The van der Waals surface area contributed by atoms with E-state index in [4.69, 9.17) is 34.8 Å². The number of aryl methyl sites for hydroxylation is 1. The number of rotatable bonds is 11. The molecule has 0 saturated heterocycles. The van der Waals surface area contributed by atoms with Crippen LogP contribution in [0, 0.1) is 6.92 Å². The minimum atomic E-state index is -3.84. The van der Waals surface area contributed by atoms with Gasteiger partial charge in [-0.05, 0) is 55.7 Å². The number of sulfonamides is 1. The van der Waals surface area contributed by atoms with Crippen LogP contribution in [0.15, 0.2) is 36.4 Å². The minimum Gasteiger partial charge on any atom is -0.354 e. The first-order valence-corrected chi connectivity index (χ1v) is 14.1. The topological polar surface area (TPSA) is 86.8 Å². The molecule has 2 aromatic rings. The number of carbonyl (C=O) groups excluding carboxylic acids is 2. The fourth-order valence-corrected chi connectivity index (χ4v) is 4.64. The first-order chi connectivity index (χ1) is 16.3. The van der Waals surface area contributed by atoms with Gasteiger partial charge in [0.05, 0.1) is 22.0 Å². The van der Waals surface area contributed by atoms with Gasteiger partial charge in [0, 0.05) is 18.1 Å². The molecule has 1 unspecified atom stereocenters. The highest BCUT2D eigenvalue weighted by atomic mass is 35.5. The van der Waals surface area contributed by atoms with Gasteiger partial charge >= 0.3 is 0 Å². The SMILES string of the molecule is CCCCNC(=O)C(C)N(Cc1ccc(Cl)c(Cl)c1)C(=O)CN(c1ccc(C)c(Cl)c1)S(C)(=O)=O. The van der Waals surface area contributed by atoms with Gasteiger partial charge in [0.2, 0.25) is 21.8 Å². The van der Waals surface area contributed by atoms with Gasteiger partial charge < -0.3 is 10.2 Å². The third-order valence-electron chi connectivity index (χ3n) is 5.46. The van der Waals surface area contributed by atoms with Crippen molar-refractivity contribution in [2.75, 3.05) is 23.7 Å². The molecule has 1 N–H and O–H groups in total. The molecule has 2 aromatic carbocycles. The molecule has 0 spiro atoms. The third-order valence-corrected chi connectivity index (χ3v) is 7.74. The van der Waals surface area contributed by atoms with Crippen molar-refractivity contribution >= 4 is 62.3 Å². The molecule has 0 fully saturated rings. The van der Waals surface area contributed by atoms with Gasteiger partial charge in [-0.15, -0.1) is 0 Å². The summed E-state index contributed by atoms with van der Waals surface area (Å²) in [6, 6.07) is 8.80. The molecular formula is C24H30Cl3N3O4S. The molecule has 0 bridgehead atoms. The summed E-state index contributed by atoms with van der Waals surface area (Å²) >= 11 is 18.4. The zero-order valence-corrected chi connectivity index (χ0v) is 23.2. The fourth-order valence-electron chi connectivity index (χ4n) is 3.30. The largest absolute Gasteiger partial charge is 0.354 e. The standard InChI is InChI=1S/C24H30Cl3N3O4S/c1-5-6-11-28-24(32)17(3)29(14-18-8-10-20(25)22(27)12-18)23(31)15-30(35(4,33)34)19-9-7-16(2)21(26)13-19/h7-10,12-13,17H,5-6,11,14-15H2,1-4H3,(H,28,32). The van der Waals surface area contributed by atoms with Gasteiger partial charge in [-0.25, -0.2) is 8.42 Å². The first-order valence-electron chi connectivity index (χ1n) is 11.1. The summed E-state index contributed by atoms with van der Waals surface area (Å²) in [5, 5.41) is 3.87. The summed E-state index contributed by atoms with van der Waals surface area (Å²) in [6.07, 6.45) is 2.72. The summed E-state index contributed by atoms with van der Waals surface area (Å²) in [6.45, 7) is 5.40. The molecule has 192 valence electrons. The van der Waals surface area contributed by atoms with Crippen LogP contribution in [0.25, 0.3) is 0 Å². The van der Waals surface area contributed by atoms with E-state index in [0.29, 0.717) is 27.2 Å². The normalized spacial score (nSPS) is 12.2. The van der Waals surface area contributed by atoms with E-state index in [2.05, 4.69) is 5.32 Å². The lowest BCUT2D eigenvalue weighted by molar-refractivity contribution is -0.139. The summed E-state index contributed by atoms with van der Waals surface area (Å²) < 4.78 is 26.2. The van der Waals surface area contributed by atoms with Gasteiger partial charge in [0.25, 0.3) is 0 Å². The molecule has 11 heteroatoms. The van der Waals surface area contributed by atoms with E-state index >= 15 is 0 Å². The van der Waals surface area contributed by atoms with Crippen LogP contribution in [0.5, 0.6) is 0 Å². The quantitative estimate of drug-likeness (QED) is 0.388. The van der Waals surface area contributed by atoms with Crippen LogP contribution in [0.2, 0.25) is 15.1 Å². The smallest absolute Gasteiger partial charge is 0.244 e. The Morgan fingerprint density at radius 3 is 2.29 bits per heavy atom. The van der Waals surface area contributed by atoms with Crippen molar-refractivity contribution < 1.29 is 18.0 Å². The van der Waals surface area contributed by atoms with Gasteiger partial charge in [-0.1, -0.05) is 60.3 Å². The monoisotopic (exact) mass is 561 g/mol.